The summed E-state index contributed by atoms with van der Waals surface area (Å²) in [5.74, 6) is 2.76. The molecule has 28 heavy (non-hydrogen) atoms. The summed E-state index contributed by atoms with van der Waals surface area (Å²) in [7, 11) is 1.68. The molecule has 1 aromatic rings. The summed E-state index contributed by atoms with van der Waals surface area (Å²) in [6.45, 7) is 7.00. The molecule has 0 unspecified atom stereocenters. The van der Waals surface area contributed by atoms with E-state index in [0.717, 1.165) is 25.5 Å². The van der Waals surface area contributed by atoms with Gasteiger partial charge in [-0.3, -0.25) is 14.6 Å². The SMILES string of the molecule is COCCc1noc(CN2C[C@H]3C[C@@H](C2)[C@H](CNC(C)=O)N2CCCC[C@@H]32)n1. The highest BCUT2D eigenvalue weighted by Gasteiger charge is 2.47. The summed E-state index contributed by atoms with van der Waals surface area (Å²) in [5, 5.41) is 7.16. The minimum Gasteiger partial charge on any atom is -0.384 e. The molecule has 3 fully saturated rings. The number of fused-ring (bicyclic) bond motifs is 4. The van der Waals surface area contributed by atoms with E-state index in [1.807, 2.05) is 0 Å². The van der Waals surface area contributed by atoms with E-state index in [-0.39, 0.29) is 5.91 Å². The van der Waals surface area contributed by atoms with Gasteiger partial charge < -0.3 is 14.6 Å². The molecule has 4 rings (SSSR count). The summed E-state index contributed by atoms with van der Waals surface area (Å²) in [5.41, 5.74) is 0. The zero-order chi connectivity index (χ0) is 19.5. The van der Waals surface area contributed by atoms with Crippen LogP contribution in [0.25, 0.3) is 0 Å². The molecule has 1 aromatic heterocycles. The van der Waals surface area contributed by atoms with Crippen LogP contribution in [0.4, 0.5) is 0 Å². The number of nitrogens with one attached hydrogen (secondary N) is 1. The standard InChI is InChI=1S/C20H33N5O3/c1-14(26)21-10-18-16-9-15(17-5-3-4-7-25(17)18)11-24(12-16)13-20-22-19(23-28-20)6-8-27-2/h15-18H,3-13H2,1-2H3,(H,21,26)/t15-,16+,17+,18+/m1/s1. The minimum absolute atomic E-state index is 0.0674. The van der Waals surface area contributed by atoms with Crippen molar-refractivity contribution in [3.05, 3.63) is 11.7 Å². The van der Waals surface area contributed by atoms with E-state index in [4.69, 9.17) is 9.26 Å². The van der Waals surface area contributed by atoms with Crippen molar-refractivity contribution >= 4 is 5.91 Å². The molecule has 8 heteroatoms. The molecule has 1 amide bonds. The molecular formula is C20H33N5O3. The van der Waals surface area contributed by atoms with Gasteiger partial charge in [0.1, 0.15) is 0 Å². The van der Waals surface area contributed by atoms with Gasteiger partial charge in [0.15, 0.2) is 5.82 Å². The predicted octanol–water partition coefficient (Wildman–Crippen LogP) is 1.07. The molecule has 156 valence electrons. The van der Waals surface area contributed by atoms with Crippen molar-refractivity contribution < 1.29 is 14.1 Å². The smallest absolute Gasteiger partial charge is 0.240 e. The molecule has 4 heterocycles. The second-order valence-electron chi connectivity index (χ2n) is 8.60. The van der Waals surface area contributed by atoms with Crippen LogP contribution in [-0.2, 0) is 22.5 Å². The second kappa shape index (κ2) is 8.88. The maximum absolute atomic E-state index is 11.5. The fourth-order valence-corrected chi connectivity index (χ4v) is 5.50. The van der Waals surface area contributed by atoms with E-state index in [2.05, 4.69) is 25.3 Å². The average molecular weight is 392 g/mol. The van der Waals surface area contributed by atoms with E-state index in [9.17, 15) is 4.79 Å². The van der Waals surface area contributed by atoms with Crippen LogP contribution < -0.4 is 5.32 Å². The molecule has 3 saturated heterocycles. The quantitative estimate of drug-likeness (QED) is 0.744. The van der Waals surface area contributed by atoms with E-state index in [1.54, 1.807) is 14.0 Å². The van der Waals surface area contributed by atoms with E-state index in [0.29, 0.717) is 49.4 Å². The molecule has 3 aliphatic heterocycles. The summed E-state index contributed by atoms with van der Waals surface area (Å²) >= 11 is 0. The highest BCUT2D eigenvalue weighted by atomic mass is 16.5. The number of ether oxygens (including phenoxy) is 1. The zero-order valence-electron chi connectivity index (χ0n) is 17.1. The summed E-state index contributed by atoms with van der Waals surface area (Å²) in [6.07, 6.45) is 5.83. The van der Waals surface area contributed by atoms with Gasteiger partial charge in [0, 0.05) is 52.2 Å². The van der Waals surface area contributed by atoms with Crippen LogP contribution in [0.2, 0.25) is 0 Å². The fourth-order valence-electron chi connectivity index (χ4n) is 5.50. The number of piperidine rings is 3. The van der Waals surface area contributed by atoms with Crippen molar-refractivity contribution in [3.63, 3.8) is 0 Å². The average Bonchev–Trinajstić information content (AvgIpc) is 3.13. The van der Waals surface area contributed by atoms with Gasteiger partial charge in [-0.15, -0.1) is 0 Å². The molecular weight excluding hydrogens is 358 g/mol. The van der Waals surface area contributed by atoms with Crippen molar-refractivity contribution in [1.82, 2.24) is 25.3 Å². The Hall–Kier alpha value is -1.51. The second-order valence-corrected chi connectivity index (χ2v) is 8.60. The number of carbonyl (C=O) groups excluding carboxylic acids is 1. The Morgan fingerprint density at radius 2 is 2.18 bits per heavy atom. The number of amides is 1. The third kappa shape index (κ3) is 4.39. The molecule has 8 nitrogen and oxygen atoms in total. The maximum Gasteiger partial charge on any atom is 0.240 e. The van der Waals surface area contributed by atoms with Gasteiger partial charge in [0.05, 0.1) is 13.2 Å². The van der Waals surface area contributed by atoms with Crippen LogP contribution in [-0.4, -0.2) is 77.8 Å². The molecule has 4 atom stereocenters. The molecule has 0 aliphatic carbocycles. The molecule has 0 saturated carbocycles. The largest absolute Gasteiger partial charge is 0.384 e. The van der Waals surface area contributed by atoms with Gasteiger partial charge in [0.2, 0.25) is 11.8 Å². The summed E-state index contributed by atoms with van der Waals surface area (Å²) in [4.78, 5) is 21.3. The third-order valence-electron chi connectivity index (χ3n) is 6.66. The van der Waals surface area contributed by atoms with Gasteiger partial charge in [0.25, 0.3) is 0 Å². The Morgan fingerprint density at radius 1 is 1.32 bits per heavy atom. The maximum atomic E-state index is 11.5. The van der Waals surface area contributed by atoms with Crippen molar-refractivity contribution in [2.45, 2.75) is 57.7 Å². The Labute approximate surface area is 167 Å². The third-order valence-corrected chi connectivity index (χ3v) is 6.66. The summed E-state index contributed by atoms with van der Waals surface area (Å²) < 4.78 is 10.6. The first-order valence-corrected chi connectivity index (χ1v) is 10.7. The van der Waals surface area contributed by atoms with Crippen molar-refractivity contribution in [1.29, 1.82) is 0 Å². The van der Waals surface area contributed by atoms with Crippen LogP contribution in [0.1, 0.15) is 44.3 Å². The lowest BCUT2D eigenvalue weighted by atomic mass is 9.72. The minimum atomic E-state index is 0.0674. The van der Waals surface area contributed by atoms with Crippen molar-refractivity contribution in [3.8, 4) is 0 Å². The molecule has 0 spiro atoms. The van der Waals surface area contributed by atoms with Gasteiger partial charge in [-0.2, -0.15) is 4.98 Å². The zero-order valence-corrected chi connectivity index (χ0v) is 17.1. The lowest BCUT2D eigenvalue weighted by Crippen LogP contribution is -2.65. The Balaban J connectivity index is 1.43. The number of likely N-dealkylation sites (tertiary alicyclic amines) is 1. The number of hydrogen-bond donors (Lipinski definition) is 1. The van der Waals surface area contributed by atoms with E-state index in [1.165, 1.54) is 32.2 Å². The Kier molecular flexibility index (Phi) is 6.28. The molecule has 0 aromatic carbocycles. The first kappa shape index (κ1) is 19.8. The number of hydrogen-bond acceptors (Lipinski definition) is 7. The van der Waals surface area contributed by atoms with Crippen LogP contribution in [0.15, 0.2) is 4.52 Å². The van der Waals surface area contributed by atoms with Gasteiger partial charge >= 0.3 is 0 Å². The molecule has 1 N–H and O–H groups in total. The van der Waals surface area contributed by atoms with E-state index >= 15 is 0 Å². The monoisotopic (exact) mass is 391 g/mol. The normalized spacial score (nSPS) is 30.8. The highest BCUT2D eigenvalue weighted by molar-refractivity contribution is 5.72. The topological polar surface area (TPSA) is 83.7 Å². The van der Waals surface area contributed by atoms with Crippen LogP contribution in [0.3, 0.4) is 0 Å². The number of carbonyl (C=O) groups is 1. The Bertz CT molecular complexity index is 666. The van der Waals surface area contributed by atoms with Gasteiger partial charge in [-0.1, -0.05) is 11.6 Å². The lowest BCUT2D eigenvalue weighted by molar-refractivity contribution is -0.120. The van der Waals surface area contributed by atoms with Gasteiger partial charge in [-0.05, 0) is 37.6 Å². The van der Waals surface area contributed by atoms with Crippen LogP contribution in [0, 0.1) is 11.8 Å². The fraction of sp³-hybridized carbons (Fsp3) is 0.850. The van der Waals surface area contributed by atoms with Crippen LogP contribution in [0.5, 0.6) is 0 Å². The first-order chi connectivity index (χ1) is 13.6. The molecule has 2 bridgehead atoms. The predicted molar refractivity (Wildman–Crippen MR) is 104 cm³/mol. The number of rotatable bonds is 7. The van der Waals surface area contributed by atoms with Crippen molar-refractivity contribution in [2.24, 2.45) is 11.8 Å². The van der Waals surface area contributed by atoms with Crippen molar-refractivity contribution in [2.75, 3.05) is 39.9 Å². The highest BCUT2D eigenvalue weighted by Crippen LogP contribution is 2.41. The number of nitrogens with zero attached hydrogens (tertiary/aromatic N) is 4. The Morgan fingerprint density at radius 3 is 3.00 bits per heavy atom. The summed E-state index contributed by atoms with van der Waals surface area (Å²) in [6, 6.07) is 1.08. The van der Waals surface area contributed by atoms with E-state index < -0.39 is 0 Å². The first-order valence-electron chi connectivity index (χ1n) is 10.7. The molecule has 3 aliphatic rings. The lowest BCUT2D eigenvalue weighted by Gasteiger charge is -2.56. The molecule has 0 radical (unpaired) electrons. The number of aromatic nitrogens is 2. The van der Waals surface area contributed by atoms with Crippen LogP contribution >= 0.6 is 0 Å². The van der Waals surface area contributed by atoms with Gasteiger partial charge in [-0.25, -0.2) is 0 Å². The number of methoxy groups -OCH3 is 1.